The summed E-state index contributed by atoms with van der Waals surface area (Å²) in [5.41, 5.74) is 0.763. The second kappa shape index (κ2) is 4.55. The molecule has 0 aliphatic carbocycles. The van der Waals surface area contributed by atoms with Crippen LogP contribution in [0.4, 0.5) is 5.82 Å². The van der Waals surface area contributed by atoms with Crippen LogP contribution in [0.25, 0.3) is 0 Å². The lowest BCUT2D eigenvalue weighted by atomic mass is 10.0. The molecule has 0 saturated carbocycles. The number of hydrogen-bond donors (Lipinski definition) is 0. The van der Waals surface area contributed by atoms with Crippen molar-refractivity contribution in [3.63, 3.8) is 0 Å². The van der Waals surface area contributed by atoms with Crippen LogP contribution in [0.2, 0.25) is 0 Å². The van der Waals surface area contributed by atoms with E-state index < -0.39 is 0 Å². The van der Waals surface area contributed by atoms with Crippen LogP contribution in [0.15, 0.2) is 12.4 Å². The predicted octanol–water partition coefficient (Wildman–Crippen LogP) is 1.83. The number of ether oxygens (including phenoxy) is 1. The van der Waals surface area contributed by atoms with E-state index in [4.69, 9.17) is 16.3 Å². The van der Waals surface area contributed by atoms with E-state index in [1.807, 2.05) is 0 Å². The Morgan fingerprint density at radius 1 is 1.50 bits per heavy atom. The molecule has 1 aliphatic rings. The highest BCUT2D eigenvalue weighted by atomic mass is 35.5. The smallest absolute Gasteiger partial charge is 0.148 e. The Labute approximate surface area is 101 Å². The Kier molecular flexibility index (Phi) is 3.30. The van der Waals surface area contributed by atoms with Gasteiger partial charge in [-0.05, 0) is 13.8 Å². The largest absolute Gasteiger partial charge is 0.377 e. The Balaban J connectivity index is 2.27. The van der Waals surface area contributed by atoms with Gasteiger partial charge in [-0.1, -0.05) is 0 Å². The van der Waals surface area contributed by atoms with E-state index in [0.717, 1.165) is 24.7 Å². The number of rotatable bonds is 2. The van der Waals surface area contributed by atoms with Crippen LogP contribution in [0.3, 0.4) is 0 Å². The standard InChI is InChI=1S/C11H16ClN3O/c1-11(2)8-16-4-3-15(11)10-7-13-6-9(5-12)14-10/h6-7H,3-5,8H2,1-2H3. The zero-order valence-corrected chi connectivity index (χ0v) is 10.4. The lowest BCUT2D eigenvalue weighted by Crippen LogP contribution is -2.53. The molecule has 4 nitrogen and oxygen atoms in total. The highest BCUT2D eigenvalue weighted by molar-refractivity contribution is 6.16. The summed E-state index contributed by atoms with van der Waals surface area (Å²) >= 11 is 5.76. The average molecular weight is 242 g/mol. The van der Waals surface area contributed by atoms with E-state index >= 15 is 0 Å². The fourth-order valence-corrected chi connectivity index (χ4v) is 2.00. The van der Waals surface area contributed by atoms with Gasteiger partial charge in [-0.2, -0.15) is 0 Å². The SMILES string of the molecule is CC1(C)COCCN1c1cncc(CCl)n1. The molecule has 0 N–H and O–H groups in total. The molecule has 0 spiro atoms. The highest BCUT2D eigenvalue weighted by Crippen LogP contribution is 2.24. The van der Waals surface area contributed by atoms with Gasteiger partial charge in [0.15, 0.2) is 0 Å². The maximum absolute atomic E-state index is 5.76. The van der Waals surface area contributed by atoms with E-state index in [9.17, 15) is 0 Å². The van der Waals surface area contributed by atoms with E-state index in [1.165, 1.54) is 0 Å². The van der Waals surface area contributed by atoms with Crippen LogP contribution in [-0.4, -0.2) is 35.3 Å². The molecule has 0 atom stereocenters. The number of alkyl halides is 1. The van der Waals surface area contributed by atoms with Crippen molar-refractivity contribution in [1.82, 2.24) is 9.97 Å². The van der Waals surface area contributed by atoms with Gasteiger partial charge in [0.1, 0.15) is 5.82 Å². The second-order valence-electron chi connectivity index (χ2n) is 4.52. The Bertz CT molecular complexity index is 370. The quantitative estimate of drug-likeness (QED) is 0.741. The number of halogens is 1. The summed E-state index contributed by atoms with van der Waals surface area (Å²) in [4.78, 5) is 10.9. The first kappa shape index (κ1) is 11.6. The van der Waals surface area contributed by atoms with Crippen molar-refractivity contribution in [2.24, 2.45) is 0 Å². The molecule has 0 amide bonds. The van der Waals surface area contributed by atoms with Crippen molar-refractivity contribution >= 4 is 17.4 Å². The minimum atomic E-state index is -0.0438. The normalized spacial score (nSPS) is 19.8. The molecule has 2 rings (SSSR count). The summed E-state index contributed by atoms with van der Waals surface area (Å²) in [6.45, 7) is 6.56. The van der Waals surface area contributed by atoms with E-state index in [1.54, 1.807) is 12.4 Å². The maximum Gasteiger partial charge on any atom is 0.148 e. The molecule has 1 aromatic rings. The average Bonchev–Trinajstić information content (AvgIpc) is 2.28. The first-order valence-electron chi connectivity index (χ1n) is 5.36. The predicted molar refractivity (Wildman–Crippen MR) is 63.8 cm³/mol. The molecule has 2 heterocycles. The fraction of sp³-hybridized carbons (Fsp3) is 0.636. The van der Waals surface area contributed by atoms with E-state index in [0.29, 0.717) is 12.5 Å². The van der Waals surface area contributed by atoms with Gasteiger partial charge in [0.25, 0.3) is 0 Å². The third kappa shape index (κ3) is 2.28. The maximum atomic E-state index is 5.76. The van der Waals surface area contributed by atoms with Crippen LogP contribution in [0.1, 0.15) is 19.5 Å². The molecule has 1 saturated heterocycles. The molecule has 5 heteroatoms. The second-order valence-corrected chi connectivity index (χ2v) is 4.79. The minimum absolute atomic E-state index is 0.0438. The summed E-state index contributed by atoms with van der Waals surface area (Å²) in [6, 6.07) is 0. The lowest BCUT2D eigenvalue weighted by molar-refractivity contribution is 0.0638. The molecule has 16 heavy (non-hydrogen) atoms. The van der Waals surface area contributed by atoms with Crippen molar-refractivity contribution in [2.75, 3.05) is 24.7 Å². The van der Waals surface area contributed by atoms with Crippen molar-refractivity contribution in [1.29, 1.82) is 0 Å². The van der Waals surface area contributed by atoms with Gasteiger partial charge >= 0.3 is 0 Å². The zero-order chi connectivity index (χ0) is 11.6. The highest BCUT2D eigenvalue weighted by Gasteiger charge is 2.31. The van der Waals surface area contributed by atoms with Crippen LogP contribution >= 0.6 is 11.6 Å². The molecular formula is C11H16ClN3O. The van der Waals surface area contributed by atoms with E-state index in [2.05, 4.69) is 28.7 Å². The van der Waals surface area contributed by atoms with E-state index in [-0.39, 0.29) is 5.54 Å². The van der Waals surface area contributed by atoms with Crippen LogP contribution in [0, 0.1) is 0 Å². The van der Waals surface area contributed by atoms with Gasteiger partial charge < -0.3 is 9.64 Å². The topological polar surface area (TPSA) is 38.2 Å². The van der Waals surface area contributed by atoms with Gasteiger partial charge in [-0.15, -0.1) is 11.6 Å². The first-order valence-corrected chi connectivity index (χ1v) is 5.89. The number of hydrogen-bond acceptors (Lipinski definition) is 4. The summed E-state index contributed by atoms with van der Waals surface area (Å²) in [5, 5.41) is 0. The van der Waals surface area contributed by atoms with Gasteiger partial charge in [0.05, 0.1) is 36.5 Å². The molecule has 1 fully saturated rings. The first-order chi connectivity index (χ1) is 7.63. The fourth-order valence-electron chi connectivity index (χ4n) is 1.87. The number of nitrogens with zero attached hydrogens (tertiary/aromatic N) is 3. The Morgan fingerprint density at radius 3 is 3.00 bits per heavy atom. The molecule has 0 bridgehead atoms. The Hall–Kier alpha value is -0.870. The van der Waals surface area contributed by atoms with Gasteiger partial charge in [-0.25, -0.2) is 4.98 Å². The molecule has 0 aromatic carbocycles. The molecule has 1 aliphatic heterocycles. The molecule has 0 unspecified atom stereocenters. The summed E-state index contributed by atoms with van der Waals surface area (Å²) in [5.74, 6) is 1.28. The Morgan fingerprint density at radius 2 is 2.31 bits per heavy atom. The molecule has 0 radical (unpaired) electrons. The third-order valence-electron chi connectivity index (χ3n) is 2.73. The minimum Gasteiger partial charge on any atom is -0.377 e. The third-order valence-corrected chi connectivity index (χ3v) is 3.00. The molecular weight excluding hydrogens is 226 g/mol. The summed E-state index contributed by atoms with van der Waals surface area (Å²) in [6.07, 6.45) is 3.48. The van der Waals surface area contributed by atoms with Crippen molar-refractivity contribution in [2.45, 2.75) is 25.3 Å². The lowest BCUT2D eigenvalue weighted by Gasteiger charge is -2.42. The van der Waals surface area contributed by atoms with Gasteiger partial charge in [0, 0.05) is 12.7 Å². The van der Waals surface area contributed by atoms with Crippen molar-refractivity contribution in [3.05, 3.63) is 18.1 Å². The van der Waals surface area contributed by atoms with Crippen LogP contribution in [-0.2, 0) is 10.6 Å². The molecule has 1 aromatic heterocycles. The number of anilines is 1. The summed E-state index contributed by atoms with van der Waals surface area (Å²) in [7, 11) is 0. The number of aromatic nitrogens is 2. The number of morpholine rings is 1. The van der Waals surface area contributed by atoms with Crippen LogP contribution in [0.5, 0.6) is 0 Å². The zero-order valence-electron chi connectivity index (χ0n) is 9.61. The van der Waals surface area contributed by atoms with Crippen LogP contribution < -0.4 is 4.90 Å². The summed E-state index contributed by atoms with van der Waals surface area (Å²) < 4.78 is 5.48. The van der Waals surface area contributed by atoms with Gasteiger partial charge in [-0.3, -0.25) is 4.98 Å². The van der Waals surface area contributed by atoms with Crippen molar-refractivity contribution in [3.8, 4) is 0 Å². The molecule has 88 valence electrons. The monoisotopic (exact) mass is 241 g/mol. The van der Waals surface area contributed by atoms with Gasteiger partial charge in [0.2, 0.25) is 0 Å². The van der Waals surface area contributed by atoms with Crippen molar-refractivity contribution < 1.29 is 4.74 Å².